The number of nitrogens with zero attached hydrogens (tertiary/aromatic N) is 4. The first-order valence-electron chi connectivity index (χ1n) is 7.87. The molecular weight excluding hydrogens is 352 g/mol. The Morgan fingerprint density at radius 3 is 2.54 bits per heavy atom. The lowest BCUT2D eigenvalue weighted by molar-refractivity contribution is 0.355. The van der Waals surface area contributed by atoms with Gasteiger partial charge >= 0.3 is 0 Å². The molecule has 0 saturated heterocycles. The van der Waals surface area contributed by atoms with Crippen LogP contribution in [0.2, 0.25) is 5.02 Å². The van der Waals surface area contributed by atoms with Gasteiger partial charge in [-0.05, 0) is 18.2 Å². The Labute approximate surface area is 155 Å². The van der Waals surface area contributed by atoms with Crippen LogP contribution in [0.5, 0.6) is 11.5 Å². The van der Waals surface area contributed by atoms with Crippen LogP contribution in [0.1, 0.15) is 0 Å². The van der Waals surface area contributed by atoms with Crippen molar-refractivity contribution in [1.82, 2.24) is 19.5 Å². The topological polar surface area (TPSA) is 62.1 Å². The van der Waals surface area contributed by atoms with Crippen molar-refractivity contribution in [2.45, 2.75) is 0 Å². The predicted octanol–water partition coefficient (Wildman–Crippen LogP) is 4.15. The van der Waals surface area contributed by atoms with Gasteiger partial charge in [-0.3, -0.25) is 4.57 Å². The lowest BCUT2D eigenvalue weighted by atomic mass is 10.2. The van der Waals surface area contributed by atoms with E-state index in [0.29, 0.717) is 22.3 Å². The number of fused-ring (bicyclic) bond motifs is 1. The Balaban J connectivity index is 1.95. The van der Waals surface area contributed by atoms with Gasteiger partial charge in [0.15, 0.2) is 11.5 Å². The normalized spacial score (nSPS) is 10.9. The highest BCUT2D eigenvalue weighted by molar-refractivity contribution is 6.30. The monoisotopic (exact) mass is 366 g/mol. The number of hydrogen-bond donors (Lipinski definition) is 0. The molecule has 0 radical (unpaired) electrons. The van der Waals surface area contributed by atoms with Crippen LogP contribution >= 0.6 is 11.6 Å². The van der Waals surface area contributed by atoms with Gasteiger partial charge in [-0.2, -0.15) is 0 Å². The van der Waals surface area contributed by atoms with Crippen LogP contribution in [-0.2, 0) is 0 Å². The Bertz CT molecular complexity index is 1090. The van der Waals surface area contributed by atoms with E-state index in [1.54, 1.807) is 20.4 Å². The molecule has 2 aromatic carbocycles. The predicted molar refractivity (Wildman–Crippen MR) is 100 cm³/mol. The molecular formula is C19H15ClN4O2. The second-order valence-corrected chi connectivity index (χ2v) is 5.99. The third-order valence-electron chi connectivity index (χ3n) is 4.07. The molecule has 0 bridgehead atoms. The molecule has 4 aromatic rings. The summed E-state index contributed by atoms with van der Waals surface area (Å²) in [5.74, 6) is 2.66. The van der Waals surface area contributed by atoms with Gasteiger partial charge in [0, 0.05) is 34.4 Å². The van der Waals surface area contributed by atoms with Crippen molar-refractivity contribution in [3.8, 4) is 28.7 Å². The summed E-state index contributed by atoms with van der Waals surface area (Å²) in [4.78, 5) is 13.3. The Morgan fingerprint density at radius 1 is 0.962 bits per heavy atom. The average Bonchev–Trinajstić information content (AvgIpc) is 3.16. The first-order chi connectivity index (χ1) is 12.7. The second-order valence-electron chi connectivity index (χ2n) is 5.55. The van der Waals surface area contributed by atoms with E-state index in [9.17, 15) is 0 Å². The second kappa shape index (κ2) is 6.65. The van der Waals surface area contributed by atoms with Crippen LogP contribution < -0.4 is 9.47 Å². The molecule has 2 heterocycles. The van der Waals surface area contributed by atoms with E-state index < -0.39 is 0 Å². The summed E-state index contributed by atoms with van der Waals surface area (Å²) in [6.07, 6.45) is 5.10. The molecule has 0 aliphatic heterocycles. The number of ether oxygens (including phenoxy) is 2. The minimum absolute atomic E-state index is 0.612. The van der Waals surface area contributed by atoms with Crippen LogP contribution in [0.15, 0.2) is 55.1 Å². The molecule has 7 heteroatoms. The van der Waals surface area contributed by atoms with E-state index in [2.05, 4.69) is 15.0 Å². The Hall–Kier alpha value is -3.12. The van der Waals surface area contributed by atoms with Gasteiger partial charge < -0.3 is 9.47 Å². The number of imidazole rings is 1. The summed E-state index contributed by atoms with van der Waals surface area (Å²) in [6, 6.07) is 11.2. The molecule has 0 atom stereocenters. The third-order valence-corrected chi connectivity index (χ3v) is 4.31. The number of benzene rings is 2. The number of halogens is 1. The Kier molecular flexibility index (Phi) is 4.18. The molecule has 130 valence electrons. The minimum Gasteiger partial charge on any atom is -0.493 e. The van der Waals surface area contributed by atoms with Gasteiger partial charge in [0.05, 0.1) is 19.7 Å². The largest absolute Gasteiger partial charge is 0.493 e. The number of rotatable bonds is 4. The molecule has 26 heavy (non-hydrogen) atoms. The fourth-order valence-electron chi connectivity index (χ4n) is 2.88. The number of aromatic nitrogens is 4. The van der Waals surface area contributed by atoms with E-state index in [1.807, 2.05) is 47.2 Å². The maximum atomic E-state index is 6.14. The van der Waals surface area contributed by atoms with Crippen LogP contribution in [0.25, 0.3) is 28.1 Å². The van der Waals surface area contributed by atoms with E-state index in [0.717, 1.165) is 22.3 Å². The first kappa shape index (κ1) is 16.4. The zero-order chi connectivity index (χ0) is 18.1. The maximum absolute atomic E-state index is 6.14. The smallest absolute Gasteiger partial charge is 0.162 e. The Morgan fingerprint density at radius 2 is 1.77 bits per heavy atom. The summed E-state index contributed by atoms with van der Waals surface area (Å²) in [5.41, 5.74) is 1.65. The van der Waals surface area contributed by atoms with Crippen LogP contribution in [0.4, 0.5) is 0 Å². The van der Waals surface area contributed by atoms with E-state index in [1.165, 1.54) is 6.33 Å². The van der Waals surface area contributed by atoms with Gasteiger partial charge in [0.1, 0.15) is 18.0 Å². The van der Waals surface area contributed by atoms with Crippen molar-refractivity contribution in [2.24, 2.45) is 0 Å². The molecule has 0 spiro atoms. The molecule has 0 amide bonds. The first-order valence-corrected chi connectivity index (χ1v) is 8.25. The summed E-state index contributed by atoms with van der Waals surface area (Å²) < 4.78 is 12.7. The van der Waals surface area contributed by atoms with Crippen molar-refractivity contribution in [2.75, 3.05) is 14.2 Å². The quantitative estimate of drug-likeness (QED) is 0.543. The highest BCUT2D eigenvalue weighted by Gasteiger charge is 2.15. The average molecular weight is 367 g/mol. The molecule has 0 fully saturated rings. The summed E-state index contributed by atoms with van der Waals surface area (Å²) >= 11 is 6.14. The minimum atomic E-state index is 0.612. The lowest BCUT2D eigenvalue weighted by Crippen LogP contribution is -2.02. The van der Waals surface area contributed by atoms with Gasteiger partial charge in [-0.25, -0.2) is 15.0 Å². The fraction of sp³-hybridized carbons (Fsp3) is 0.105. The van der Waals surface area contributed by atoms with Crippen molar-refractivity contribution >= 4 is 22.5 Å². The van der Waals surface area contributed by atoms with Crippen molar-refractivity contribution in [1.29, 1.82) is 0 Å². The third kappa shape index (κ3) is 2.74. The van der Waals surface area contributed by atoms with Crippen molar-refractivity contribution in [3.05, 3.63) is 60.1 Å². The van der Waals surface area contributed by atoms with E-state index >= 15 is 0 Å². The molecule has 4 rings (SSSR count). The van der Waals surface area contributed by atoms with Crippen LogP contribution in [-0.4, -0.2) is 33.7 Å². The zero-order valence-electron chi connectivity index (χ0n) is 14.2. The summed E-state index contributed by atoms with van der Waals surface area (Å²) in [5, 5.41) is 1.47. The SMILES string of the molecule is COc1cc2ncnc(-n3ccnc3-c3cccc(Cl)c3)c2cc1OC. The highest BCUT2D eigenvalue weighted by atomic mass is 35.5. The molecule has 0 unspecified atom stereocenters. The molecule has 0 N–H and O–H groups in total. The van der Waals surface area contributed by atoms with Crippen LogP contribution in [0, 0.1) is 0 Å². The van der Waals surface area contributed by atoms with E-state index in [-0.39, 0.29) is 0 Å². The van der Waals surface area contributed by atoms with E-state index in [4.69, 9.17) is 21.1 Å². The number of methoxy groups -OCH3 is 2. The lowest BCUT2D eigenvalue weighted by Gasteiger charge is -2.13. The number of hydrogen-bond acceptors (Lipinski definition) is 5. The summed E-state index contributed by atoms with van der Waals surface area (Å²) in [6.45, 7) is 0. The van der Waals surface area contributed by atoms with Gasteiger partial charge in [-0.15, -0.1) is 0 Å². The molecule has 2 aromatic heterocycles. The zero-order valence-corrected chi connectivity index (χ0v) is 14.9. The maximum Gasteiger partial charge on any atom is 0.162 e. The van der Waals surface area contributed by atoms with Gasteiger partial charge in [0.2, 0.25) is 0 Å². The standard InChI is InChI=1S/C19H15ClN4O2/c1-25-16-9-14-15(10-17(16)26-2)22-11-23-19(14)24-7-6-21-18(24)12-4-3-5-13(20)8-12/h3-11H,1-2H3. The summed E-state index contributed by atoms with van der Waals surface area (Å²) in [7, 11) is 3.20. The molecule has 0 aliphatic carbocycles. The highest BCUT2D eigenvalue weighted by Crippen LogP contribution is 2.34. The molecule has 0 aliphatic rings. The van der Waals surface area contributed by atoms with Gasteiger partial charge in [-0.1, -0.05) is 23.7 Å². The molecule has 6 nitrogen and oxygen atoms in total. The van der Waals surface area contributed by atoms with Crippen molar-refractivity contribution < 1.29 is 9.47 Å². The van der Waals surface area contributed by atoms with Crippen LogP contribution in [0.3, 0.4) is 0 Å². The fourth-order valence-corrected chi connectivity index (χ4v) is 3.07. The van der Waals surface area contributed by atoms with Crippen molar-refractivity contribution in [3.63, 3.8) is 0 Å². The molecule has 0 saturated carbocycles. The van der Waals surface area contributed by atoms with Gasteiger partial charge in [0.25, 0.3) is 0 Å².